The summed E-state index contributed by atoms with van der Waals surface area (Å²) in [4.78, 5) is 20.1. The van der Waals surface area contributed by atoms with Crippen LogP contribution >= 0.6 is 0 Å². The van der Waals surface area contributed by atoms with Crippen molar-refractivity contribution in [2.45, 2.75) is 18.9 Å². The van der Waals surface area contributed by atoms with Gasteiger partial charge in [-0.15, -0.1) is 0 Å². The third-order valence-corrected chi connectivity index (χ3v) is 1.26. The van der Waals surface area contributed by atoms with E-state index in [1.165, 1.54) is 0 Å². The van der Waals surface area contributed by atoms with Crippen LogP contribution in [0, 0.1) is 0 Å². The second-order valence-electron chi connectivity index (χ2n) is 2.14. The monoisotopic (exact) mass is 221 g/mol. The van der Waals surface area contributed by atoms with E-state index >= 15 is 0 Å². The normalized spacial score (nSPS) is 10.6. The number of carboxylic acids is 2. The van der Waals surface area contributed by atoms with Gasteiger partial charge in [-0.25, -0.2) is 0 Å². The van der Waals surface area contributed by atoms with E-state index in [0.717, 1.165) is 0 Å². The Morgan fingerprint density at radius 2 is 1.79 bits per heavy atom. The van der Waals surface area contributed by atoms with Crippen molar-refractivity contribution in [2.75, 3.05) is 6.73 Å². The fourth-order valence-electron chi connectivity index (χ4n) is 0.676. The Hall–Kier alpha value is 0.860. The summed E-state index contributed by atoms with van der Waals surface area (Å²) in [5.74, 6) is -2.77. The number of aliphatic hydroxyl groups is 1. The molecule has 0 aromatic carbocycles. The minimum atomic E-state index is -1.44. The maximum atomic E-state index is 10.2. The first kappa shape index (κ1) is 20.3. The van der Waals surface area contributed by atoms with Gasteiger partial charge in [0.05, 0.1) is 12.7 Å². The van der Waals surface area contributed by atoms with Crippen molar-refractivity contribution >= 4 is 11.9 Å². The Bertz CT molecular complexity index is 178. The number of carbonyl (C=O) groups is 2. The van der Waals surface area contributed by atoms with Gasteiger partial charge in [-0.3, -0.25) is 5.32 Å². The first-order valence-electron chi connectivity index (χ1n) is 3.33. The molecule has 1 atom stereocenters. The van der Waals surface area contributed by atoms with E-state index in [2.05, 4.69) is 5.32 Å². The summed E-state index contributed by atoms with van der Waals surface area (Å²) in [5.41, 5.74) is 0. The van der Waals surface area contributed by atoms with E-state index in [0.29, 0.717) is 0 Å². The Kier molecular flexibility index (Phi) is 17.3. The average Bonchev–Trinajstić information content (AvgIpc) is 1.96. The molecule has 6 nitrogen and oxygen atoms in total. The van der Waals surface area contributed by atoms with Gasteiger partial charge in [0.25, 0.3) is 0 Å². The number of aliphatic hydroxyl groups excluding tert-OH is 1. The molecule has 0 spiro atoms. The summed E-state index contributed by atoms with van der Waals surface area (Å²) >= 11 is 0. The zero-order chi connectivity index (χ0) is 9.56. The minimum Gasteiger partial charge on any atom is -0.550 e. The topological polar surface area (TPSA) is 113 Å². The zero-order valence-corrected chi connectivity index (χ0v) is 12.3. The van der Waals surface area contributed by atoms with E-state index in [-0.39, 0.29) is 72.0 Å². The van der Waals surface area contributed by atoms with Crippen molar-refractivity contribution < 1.29 is 84.0 Å². The Labute approximate surface area is 126 Å². The smallest absolute Gasteiger partial charge is 0.550 e. The number of hydrogen-bond donors (Lipinski definition) is 2. The van der Waals surface area contributed by atoms with Crippen molar-refractivity contribution in [2.24, 2.45) is 0 Å². The maximum Gasteiger partial charge on any atom is 1.00 e. The summed E-state index contributed by atoms with van der Waals surface area (Å²) in [6, 6.07) is -1.15. The number of aliphatic carboxylic acids is 2. The van der Waals surface area contributed by atoms with Crippen LogP contribution in [0.1, 0.15) is 12.8 Å². The fraction of sp³-hybridized carbons (Fsp3) is 0.667. The molecule has 0 aliphatic heterocycles. The van der Waals surface area contributed by atoms with Crippen molar-refractivity contribution in [1.82, 2.24) is 5.32 Å². The van der Waals surface area contributed by atoms with Crippen LogP contribution < -0.4 is 74.6 Å². The van der Waals surface area contributed by atoms with Gasteiger partial charge in [0.1, 0.15) is 0 Å². The Morgan fingerprint density at radius 3 is 2.07 bits per heavy atom. The van der Waals surface area contributed by atoms with Crippen LogP contribution in [-0.4, -0.2) is 29.8 Å². The van der Waals surface area contributed by atoms with E-state index in [1.54, 1.807) is 0 Å². The van der Waals surface area contributed by atoms with Crippen LogP contribution in [0.2, 0.25) is 0 Å². The maximum absolute atomic E-state index is 10.2. The standard InChI is InChI=1S/C6H11NO5.2Na/c8-3-7-4(6(11)12)1-2-5(9)10;;/h4,7-8H,1-3H2,(H,9,10)(H,11,12);;/q;2*+1/p-2/t4-;;/m0../s1. The van der Waals surface area contributed by atoms with E-state index in [4.69, 9.17) is 5.11 Å². The molecule has 2 N–H and O–H groups in total. The second kappa shape index (κ2) is 11.9. The van der Waals surface area contributed by atoms with Gasteiger partial charge < -0.3 is 24.9 Å². The van der Waals surface area contributed by atoms with Gasteiger partial charge in [0.2, 0.25) is 0 Å². The van der Waals surface area contributed by atoms with Crippen LogP contribution in [0.15, 0.2) is 0 Å². The van der Waals surface area contributed by atoms with E-state index in [1.807, 2.05) is 0 Å². The molecular formula is C6H9NNa2O5. The zero-order valence-electron chi connectivity index (χ0n) is 8.28. The first-order valence-corrected chi connectivity index (χ1v) is 3.33. The third-order valence-electron chi connectivity index (χ3n) is 1.26. The molecule has 0 unspecified atom stereocenters. The molecule has 0 saturated heterocycles. The van der Waals surface area contributed by atoms with E-state index in [9.17, 15) is 19.8 Å². The van der Waals surface area contributed by atoms with Crippen molar-refractivity contribution in [3.63, 3.8) is 0 Å². The first-order chi connectivity index (χ1) is 5.57. The molecule has 0 aliphatic rings. The molecule has 0 rings (SSSR count). The van der Waals surface area contributed by atoms with Gasteiger partial charge in [-0.1, -0.05) is 0 Å². The molecule has 70 valence electrons. The number of carboxylic acid groups (broad SMARTS) is 2. The summed E-state index contributed by atoms with van der Waals surface area (Å²) in [6.45, 7) is -0.536. The molecule has 0 saturated carbocycles. The molecule has 0 fully saturated rings. The molecule has 0 aromatic rings. The van der Waals surface area contributed by atoms with Crippen LogP contribution in [0.4, 0.5) is 0 Å². The summed E-state index contributed by atoms with van der Waals surface area (Å²) in [5, 5.41) is 30.5. The number of nitrogens with one attached hydrogen (secondary N) is 1. The second-order valence-corrected chi connectivity index (χ2v) is 2.14. The fourth-order valence-corrected chi connectivity index (χ4v) is 0.676. The Balaban J connectivity index is -0.000000605. The number of carbonyl (C=O) groups excluding carboxylic acids is 2. The minimum absolute atomic E-state index is 0. The Morgan fingerprint density at radius 1 is 1.29 bits per heavy atom. The van der Waals surface area contributed by atoms with Gasteiger partial charge >= 0.3 is 59.1 Å². The van der Waals surface area contributed by atoms with Gasteiger partial charge in [0.15, 0.2) is 0 Å². The van der Waals surface area contributed by atoms with Crippen LogP contribution in [-0.2, 0) is 9.59 Å². The molecule has 0 bridgehead atoms. The molecular weight excluding hydrogens is 212 g/mol. The summed E-state index contributed by atoms with van der Waals surface area (Å²) in [6.07, 6.45) is -0.545. The van der Waals surface area contributed by atoms with Crippen LogP contribution in [0.5, 0.6) is 0 Å². The SMILES string of the molecule is O=C([O-])CC[C@H](NCO)C(=O)[O-].[Na+].[Na+]. The molecule has 0 heterocycles. The largest absolute Gasteiger partial charge is 1.00 e. The molecule has 0 aromatic heterocycles. The predicted molar refractivity (Wildman–Crippen MR) is 33.3 cm³/mol. The summed E-state index contributed by atoms with van der Waals surface area (Å²) < 4.78 is 0. The van der Waals surface area contributed by atoms with E-state index < -0.39 is 24.7 Å². The van der Waals surface area contributed by atoms with Gasteiger partial charge in [-0.2, -0.15) is 0 Å². The summed E-state index contributed by atoms with van der Waals surface area (Å²) in [7, 11) is 0. The molecule has 0 aliphatic carbocycles. The van der Waals surface area contributed by atoms with Crippen LogP contribution in [0.25, 0.3) is 0 Å². The third kappa shape index (κ3) is 10.9. The predicted octanol–water partition coefficient (Wildman–Crippen LogP) is -9.82. The average molecular weight is 221 g/mol. The number of hydrogen-bond acceptors (Lipinski definition) is 6. The molecule has 8 heteroatoms. The van der Waals surface area contributed by atoms with Crippen molar-refractivity contribution in [3.05, 3.63) is 0 Å². The van der Waals surface area contributed by atoms with Crippen molar-refractivity contribution in [1.29, 1.82) is 0 Å². The van der Waals surface area contributed by atoms with Gasteiger partial charge in [-0.05, 0) is 12.8 Å². The number of rotatable bonds is 6. The molecule has 0 radical (unpaired) electrons. The quantitative estimate of drug-likeness (QED) is 0.340. The molecule has 0 amide bonds. The van der Waals surface area contributed by atoms with Crippen molar-refractivity contribution in [3.8, 4) is 0 Å². The van der Waals surface area contributed by atoms with Gasteiger partial charge in [0, 0.05) is 12.0 Å². The molecule has 14 heavy (non-hydrogen) atoms. The van der Waals surface area contributed by atoms with Crippen LogP contribution in [0.3, 0.4) is 0 Å².